The predicted molar refractivity (Wildman–Crippen MR) is 57.4 cm³/mol. The number of hydrogen-bond donors (Lipinski definition) is 2. The van der Waals surface area contributed by atoms with E-state index in [4.69, 9.17) is 16.7 Å². The summed E-state index contributed by atoms with van der Waals surface area (Å²) in [6.45, 7) is 0.271. The molecule has 2 rings (SSSR count). The fraction of sp³-hybridized carbons (Fsp3) is 0.200. The van der Waals surface area contributed by atoms with E-state index in [0.717, 1.165) is 5.56 Å². The summed E-state index contributed by atoms with van der Waals surface area (Å²) >= 11 is 5.74. The topological polar surface area (TPSA) is 61.7 Å². The number of halogens is 1. The molecule has 1 heterocycles. The Morgan fingerprint density at radius 1 is 1.47 bits per heavy atom. The molecule has 0 saturated carbocycles. The molecule has 1 aromatic rings. The standard InChI is InChI=1S/C10H9ClN2O2/c11-7-3-1-6(2-4-7)9-12-5-8(13-9)10(14)15/h1-4,8H,5H2,(H,12,13)(H,14,15). The SMILES string of the molecule is O=C(O)C1CN=C(c2ccc(Cl)cc2)N1. The Morgan fingerprint density at radius 3 is 2.67 bits per heavy atom. The summed E-state index contributed by atoms with van der Waals surface area (Å²) < 4.78 is 0. The Balaban J connectivity index is 2.14. The number of rotatable bonds is 2. The first-order valence-corrected chi connectivity index (χ1v) is 4.84. The molecule has 0 radical (unpaired) electrons. The molecule has 0 aliphatic carbocycles. The summed E-state index contributed by atoms with van der Waals surface area (Å²) in [4.78, 5) is 14.8. The lowest BCUT2D eigenvalue weighted by molar-refractivity contribution is -0.138. The highest BCUT2D eigenvalue weighted by Gasteiger charge is 2.24. The van der Waals surface area contributed by atoms with Crippen molar-refractivity contribution < 1.29 is 9.90 Å². The van der Waals surface area contributed by atoms with E-state index >= 15 is 0 Å². The molecule has 4 nitrogen and oxygen atoms in total. The minimum Gasteiger partial charge on any atom is -0.480 e. The van der Waals surface area contributed by atoms with Crippen LogP contribution in [0.1, 0.15) is 5.56 Å². The quantitative estimate of drug-likeness (QED) is 0.792. The first-order valence-electron chi connectivity index (χ1n) is 4.46. The van der Waals surface area contributed by atoms with Gasteiger partial charge in [0, 0.05) is 10.6 Å². The summed E-state index contributed by atoms with van der Waals surface area (Å²) in [5, 5.41) is 12.2. The van der Waals surface area contributed by atoms with Crippen LogP contribution in [0.5, 0.6) is 0 Å². The van der Waals surface area contributed by atoms with Gasteiger partial charge in [0.2, 0.25) is 0 Å². The number of hydrogen-bond acceptors (Lipinski definition) is 3. The molecule has 1 aliphatic heterocycles. The maximum Gasteiger partial charge on any atom is 0.328 e. The van der Waals surface area contributed by atoms with Crippen molar-refractivity contribution in [2.24, 2.45) is 4.99 Å². The second-order valence-corrected chi connectivity index (χ2v) is 3.67. The lowest BCUT2D eigenvalue weighted by Gasteiger charge is -2.06. The van der Waals surface area contributed by atoms with Crippen molar-refractivity contribution in [2.45, 2.75) is 6.04 Å². The van der Waals surface area contributed by atoms with Crippen LogP contribution in [0.2, 0.25) is 5.02 Å². The molecule has 0 bridgehead atoms. The molecule has 0 aromatic heterocycles. The third kappa shape index (κ3) is 2.10. The van der Waals surface area contributed by atoms with E-state index in [1.807, 2.05) is 0 Å². The Kier molecular flexibility index (Phi) is 2.60. The van der Waals surface area contributed by atoms with Crippen LogP contribution in [0.15, 0.2) is 29.3 Å². The van der Waals surface area contributed by atoms with Crippen LogP contribution in [0.3, 0.4) is 0 Å². The number of carbonyl (C=O) groups is 1. The average molecular weight is 225 g/mol. The third-order valence-electron chi connectivity index (χ3n) is 2.16. The molecule has 0 fully saturated rings. The summed E-state index contributed by atoms with van der Waals surface area (Å²) in [6.07, 6.45) is 0. The fourth-order valence-electron chi connectivity index (χ4n) is 1.36. The zero-order valence-corrected chi connectivity index (χ0v) is 8.53. The zero-order valence-electron chi connectivity index (χ0n) is 7.77. The van der Waals surface area contributed by atoms with E-state index in [9.17, 15) is 4.79 Å². The lowest BCUT2D eigenvalue weighted by atomic mass is 10.2. The largest absolute Gasteiger partial charge is 0.480 e. The lowest BCUT2D eigenvalue weighted by Crippen LogP contribution is -2.37. The minimum atomic E-state index is -0.886. The smallest absolute Gasteiger partial charge is 0.328 e. The normalized spacial score (nSPS) is 19.5. The fourth-order valence-corrected chi connectivity index (χ4v) is 1.49. The number of amidine groups is 1. The van der Waals surface area contributed by atoms with Gasteiger partial charge in [-0.3, -0.25) is 4.99 Å². The van der Waals surface area contributed by atoms with Crippen molar-refractivity contribution in [3.63, 3.8) is 0 Å². The second-order valence-electron chi connectivity index (χ2n) is 3.23. The summed E-state index contributed by atoms with van der Waals surface area (Å²) in [5.74, 6) is -0.276. The molecule has 15 heavy (non-hydrogen) atoms. The second kappa shape index (κ2) is 3.90. The van der Waals surface area contributed by atoms with Gasteiger partial charge < -0.3 is 10.4 Å². The molecular formula is C10H9ClN2O2. The third-order valence-corrected chi connectivity index (χ3v) is 2.41. The van der Waals surface area contributed by atoms with Gasteiger partial charge in [0.15, 0.2) is 0 Å². The van der Waals surface area contributed by atoms with E-state index in [2.05, 4.69) is 10.3 Å². The first kappa shape index (κ1) is 9.98. The van der Waals surface area contributed by atoms with Gasteiger partial charge in [0.05, 0.1) is 6.54 Å². The van der Waals surface area contributed by atoms with E-state index in [1.165, 1.54) is 0 Å². The van der Waals surface area contributed by atoms with Crippen LogP contribution in [-0.4, -0.2) is 29.5 Å². The zero-order chi connectivity index (χ0) is 10.8. The number of aliphatic imine (C=N–C) groups is 1. The highest BCUT2D eigenvalue weighted by molar-refractivity contribution is 6.30. The van der Waals surface area contributed by atoms with Crippen LogP contribution in [0.25, 0.3) is 0 Å². The van der Waals surface area contributed by atoms with E-state index < -0.39 is 12.0 Å². The Labute approximate surface area is 91.6 Å². The van der Waals surface area contributed by atoms with Crippen molar-refractivity contribution in [1.82, 2.24) is 5.32 Å². The molecule has 0 saturated heterocycles. The number of carboxylic acid groups (broad SMARTS) is 1. The van der Waals surface area contributed by atoms with Crippen molar-refractivity contribution >= 4 is 23.4 Å². The molecule has 1 aliphatic rings. The first-order chi connectivity index (χ1) is 7.16. The average Bonchev–Trinajstić information content (AvgIpc) is 2.68. The summed E-state index contributed by atoms with van der Waals surface area (Å²) in [6, 6.07) is 6.48. The maximum absolute atomic E-state index is 10.7. The highest BCUT2D eigenvalue weighted by Crippen LogP contribution is 2.11. The van der Waals surface area contributed by atoms with E-state index in [0.29, 0.717) is 10.9 Å². The van der Waals surface area contributed by atoms with Crippen LogP contribution < -0.4 is 5.32 Å². The van der Waals surface area contributed by atoms with Gasteiger partial charge in [-0.05, 0) is 24.3 Å². The summed E-state index contributed by atoms with van der Waals surface area (Å²) in [5.41, 5.74) is 0.850. The molecule has 0 amide bonds. The number of aliphatic carboxylic acids is 1. The Morgan fingerprint density at radius 2 is 2.13 bits per heavy atom. The molecule has 2 N–H and O–H groups in total. The minimum absolute atomic E-state index is 0.271. The molecule has 1 unspecified atom stereocenters. The number of nitrogens with one attached hydrogen (secondary N) is 1. The number of nitrogens with zero attached hydrogens (tertiary/aromatic N) is 1. The van der Waals surface area contributed by atoms with Gasteiger partial charge in [-0.25, -0.2) is 4.79 Å². The van der Waals surface area contributed by atoms with E-state index in [-0.39, 0.29) is 6.54 Å². The van der Waals surface area contributed by atoms with Crippen molar-refractivity contribution in [1.29, 1.82) is 0 Å². The molecule has 0 spiro atoms. The van der Waals surface area contributed by atoms with Crippen LogP contribution >= 0.6 is 11.6 Å². The highest BCUT2D eigenvalue weighted by atomic mass is 35.5. The number of benzene rings is 1. The summed E-state index contributed by atoms with van der Waals surface area (Å²) in [7, 11) is 0. The van der Waals surface area contributed by atoms with Gasteiger partial charge in [0.1, 0.15) is 11.9 Å². The van der Waals surface area contributed by atoms with Crippen molar-refractivity contribution in [3.8, 4) is 0 Å². The molecule has 1 atom stereocenters. The number of carboxylic acids is 1. The van der Waals surface area contributed by atoms with Crippen LogP contribution in [0.4, 0.5) is 0 Å². The monoisotopic (exact) mass is 224 g/mol. The van der Waals surface area contributed by atoms with Crippen LogP contribution in [0, 0.1) is 0 Å². The molecular weight excluding hydrogens is 216 g/mol. The maximum atomic E-state index is 10.7. The van der Waals surface area contributed by atoms with Gasteiger partial charge in [0.25, 0.3) is 0 Å². The molecule has 5 heteroatoms. The molecule has 78 valence electrons. The van der Waals surface area contributed by atoms with Gasteiger partial charge >= 0.3 is 5.97 Å². The van der Waals surface area contributed by atoms with Gasteiger partial charge in [-0.15, -0.1) is 0 Å². The van der Waals surface area contributed by atoms with Crippen molar-refractivity contribution in [2.75, 3.05) is 6.54 Å². The van der Waals surface area contributed by atoms with Gasteiger partial charge in [-0.1, -0.05) is 11.6 Å². The Hall–Kier alpha value is -1.55. The molecule has 1 aromatic carbocycles. The Bertz CT molecular complexity index is 414. The van der Waals surface area contributed by atoms with Gasteiger partial charge in [-0.2, -0.15) is 0 Å². The van der Waals surface area contributed by atoms with Crippen LogP contribution in [-0.2, 0) is 4.79 Å². The predicted octanol–water partition coefficient (Wildman–Crippen LogP) is 1.14. The van der Waals surface area contributed by atoms with Crippen molar-refractivity contribution in [3.05, 3.63) is 34.9 Å². The van der Waals surface area contributed by atoms with E-state index in [1.54, 1.807) is 24.3 Å².